The van der Waals surface area contributed by atoms with Gasteiger partial charge in [0.2, 0.25) is 0 Å². The van der Waals surface area contributed by atoms with Crippen molar-refractivity contribution in [2.75, 3.05) is 6.54 Å². The van der Waals surface area contributed by atoms with Gasteiger partial charge in [-0.1, -0.05) is 25.1 Å². The number of aromatic nitrogens is 1. The fourth-order valence-electron chi connectivity index (χ4n) is 2.15. The van der Waals surface area contributed by atoms with Crippen molar-refractivity contribution in [2.24, 2.45) is 5.73 Å². The Morgan fingerprint density at radius 3 is 2.81 bits per heavy atom. The molecular weight excluding hydrogens is 196 g/mol. The lowest BCUT2D eigenvalue weighted by Gasteiger charge is -2.14. The van der Waals surface area contributed by atoms with Crippen LogP contribution in [0.5, 0.6) is 0 Å². The number of aryl methyl sites for hydroxylation is 1. The number of nitrogens with two attached hydrogens (primary N) is 1. The Hall–Kier alpha value is -1.41. The smallest absolute Gasteiger partial charge is 0.0708 e. The molecule has 84 valence electrons. The summed E-state index contributed by atoms with van der Waals surface area (Å²) in [5.74, 6) is 0.497. The molecule has 16 heavy (non-hydrogen) atoms. The molecule has 2 rings (SSSR count). The molecule has 0 fully saturated rings. The highest BCUT2D eigenvalue weighted by molar-refractivity contribution is 5.82. The highest BCUT2D eigenvalue weighted by Gasteiger charge is 2.09. The van der Waals surface area contributed by atoms with Crippen molar-refractivity contribution in [3.8, 4) is 0 Å². The molecule has 1 aromatic heterocycles. The van der Waals surface area contributed by atoms with E-state index in [0.717, 1.165) is 24.2 Å². The molecule has 0 aliphatic rings. The van der Waals surface area contributed by atoms with E-state index >= 15 is 0 Å². The number of pyridine rings is 1. The molecule has 2 heteroatoms. The van der Waals surface area contributed by atoms with Gasteiger partial charge in [0.15, 0.2) is 0 Å². The summed E-state index contributed by atoms with van der Waals surface area (Å²) in [6.45, 7) is 5.01. The standard InChI is InChI=1S/C14H18N2/c1-10(7-8-15)13-9-11(2)16-14-6-4-3-5-12(13)14/h3-6,9-10H,7-8,15H2,1-2H3. The average molecular weight is 214 g/mol. The van der Waals surface area contributed by atoms with Gasteiger partial charge in [-0.05, 0) is 43.5 Å². The van der Waals surface area contributed by atoms with Gasteiger partial charge in [-0.15, -0.1) is 0 Å². The van der Waals surface area contributed by atoms with Crippen LogP contribution < -0.4 is 5.73 Å². The summed E-state index contributed by atoms with van der Waals surface area (Å²) in [6, 6.07) is 10.5. The summed E-state index contributed by atoms with van der Waals surface area (Å²) in [4.78, 5) is 4.55. The van der Waals surface area contributed by atoms with Gasteiger partial charge in [-0.3, -0.25) is 4.98 Å². The lowest BCUT2D eigenvalue weighted by atomic mass is 9.94. The summed E-state index contributed by atoms with van der Waals surface area (Å²) in [6.07, 6.45) is 1.02. The van der Waals surface area contributed by atoms with Crippen molar-refractivity contribution in [1.82, 2.24) is 4.98 Å². The summed E-state index contributed by atoms with van der Waals surface area (Å²) in [7, 11) is 0. The fourth-order valence-corrected chi connectivity index (χ4v) is 2.15. The number of nitrogens with zero attached hydrogens (tertiary/aromatic N) is 1. The summed E-state index contributed by atoms with van der Waals surface area (Å²) >= 11 is 0. The predicted octanol–water partition coefficient (Wildman–Crippen LogP) is 3.00. The molecule has 2 aromatic rings. The molecule has 0 aliphatic carbocycles. The van der Waals surface area contributed by atoms with Gasteiger partial charge < -0.3 is 5.73 Å². The average Bonchev–Trinajstić information content (AvgIpc) is 2.28. The van der Waals surface area contributed by atoms with Crippen molar-refractivity contribution >= 4 is 10.9 Å². The molecule has 0 aliphatic heterocycles. The van der Waals surface area contributed by atoms with Gasteiger partial charge >= 0.3 is 0 Å². The second-order valence-electron chi connectivity index (χ2n) is 4.35. The Bertz CT molecular complexity index is 491. The predicted molar refractivity (Wildman–Crippen MR) is 68.6 cm³/mol. The van der Waals surface area contributed by atoms with E-state index in [1.54, 1.807) is 0 Å². The van der Waals surface area contributed by atoms with Crippen LogP contribution in [0, 0.1) is 6.92 Å². The monoisotopic (exact) mass is 214 g/mol. The van der Waals surface area contributed by atoms with Crippen molar-refractivity contribution < 1.29 is 0 Å². The number of fused-ring (bicyclic) bond motifs is 1. The number of rotatable bonds is 3. The summed E-state index contributed by atoms with van der Waals surface area (Å²) in [5.41, 5.74) is 9.17. The summed E-state index contributed by atoms with van der Waals surface area (Å²) < 4.78 is 0. The van der Waals surface area contributed by atoms with Gasteiger partial charge in [0.05, 0.1) is 5.52 Å². The van der Waals surface area contributed by atoms with E-state index in [1.807, 2.05) is 13.0 Å². The number of para-hydroxylation sites is 1. The lowest BCUT2D eigenvalue weighted by Crippen LogP contribution is -2.05. The topological polar surface area (TPSA) is 38.9 Å². The Balaban J connectivity index is 2.58. The van der Waals surface area contributed by atoms with Gasteiger partial charge in [-0.2, -0.15) is 0 Å². The zero-order valence-corrected chi connectivity index (χ0v) is 9.90. The zero-order chi connectivity index (χ0) is 11.5. The van der Waals surface area contributed by atoms with E-state index in [2.05, 4.69) is 36.2 Å². The van der Waals surface area contributed by atoms with Crippen LogP contribution in [-0.4, -0.2) is 11.5 Å². The molecule has 1 atom stereocenters. The Labute approximate surface area is 96.5 Å². The van der Waals surface area contributed by atoms with Crippen LogP contribution in [0.2, 0.25) is 0 Å². The van der Waals surface area contributed by atoms with Crippen LogP contribution >= 0.6 is 0 Å². The molecule has 0 bridgehead atoms. The van der Waals surface area contributed by atoms with E-state index in [4.69, 9.17) is 5.73 Å². The highest BCUT2D eigenvalue weighted by atomic mass is 14.7. The summed E-state index contributed by atoms with van der Waals surface area (Å²) in [5, 5.41) is 1.26. The minimum absolute atomic E-state index is 0.497. The van der Waals surface area contributed by atoms with Crippen LogP contribution in [0.25, 0.3) is 10.9 Å². The van der Waals surface area contributed by atoms with Crippen molar-refractivity contribution in [3.05, 3.63) is 41.6 Å². The molecule has 0 saturated heterocycles. The molecule has 0 radical (unpaired) electrons. The minimum Gasteiger partial charge on any atom is -0.330 e. The quantitative estimate of drug-likeness (QED) is 0.853. The molecule has 0 spiro atoms. The fraction of sp³-hybridized carbons (Fsp3) is 0.357. The van der Waals surface area contributed by atoms with E-state index in [1.165, 1.54) is 10.9 Å². The third-order valence-electron chi connectivity index (χ3n) is 3.01. The largest absolute Gasteiger partial charge is 0.330 e. The van der Waals surface area contributed by atoms with Crippen LogP contribution in [0.15, 0.2) is 30.3 Å². The Morgan fingerprint density at radius 1 is 1.31 bits per heavy atom. The molecule has 0 saturated carbocycles. The maximum absolute atomic E-state index is 5.63. The molecule has 2 N–H and O–H groups in total. The Morgan fingerprint density at radius 2 is 2.06 bits per heavy atom. The second kappa shape index (κ2) is 4.62. The number of hydrogen-bond donors (Lipinski definition) is 1. The third-order valence-corrected chi connectivity index (χ3v) is 3.01. The first-order valence-corrected chi connectivity index (χ1v) is 5.78. The molecule has 2 nitrogen and oxygen atoms in total. The van der Waals surface area contributed by atoms with Crippen LogP contribution in [-0.2, 0) is 0 Å². The maximum atomic E-state index is 5.63. The molecule has 1 heterocycles. The van der Waals surface area contributed by atoms with E-state index < -0.39 is 0 Å². The van der Waals surface area contributed by atoms with Crippen molar-refractivity contribution in [3.63, 3.8) is 0 Å². The molecule has 0 amide bonds. The molecular formula is C14H18N2. The lowest BCUT2D eigenvalue weighted by molar-refractivity contribution is 0.693. The van der Waals surface area contributed by atoms with Gasteiger partial charge in [0.1, 0.15) is 0 Å². The molecule has 1 unspecified atom stereocenters. The molecule has 1 aromatic carbocycles. The van der Waals surface area contributed by atoms with E-state index in [0.29, 0.717) is 5.92 Å². The Kier molecular flexibility index (Phi) is 3.20. The first kappa shape index (κ1) is 11.1. The third kappa shape index (κ3) is 2.07. The first-order valence-electron chi connectivity index (χ1n) is 5.78. The first-order chi connectivity index (χ1) is 7.72. The van der Waals surface area contributed by atoms with Crippen molar-refractivity contribution in [1.29, 1.82) is 0 Å². The maximum Gasteiger partial charge on any atom is 0.0708 e. The minimum atomic E-state index is 0.497. The van der Waals surface area contributed by atoms with Crippen LogP contribution in [0.1, 0.15) is 30.5 Å². The normalized spacial score (nSPS) is 12.9. The van der Waals surface area contributed by atoms with Gasteiger partial charge in [-0.25, -0.2) is 0 Å². The van der Waals surface area contributed by atoms with Crippen LogP contribution in [0.3, 0.4) is 0 Å². The highest BCUT2D eigenvalue weighted by Crippen LogP contribution is 2.27. The van der Waals surface area contributed by atoms with Crippen LogP contribution in [0.4, 0.5) is 0 Å². The number of hydrogen-bond acceptors (Lipinski definition) is 2. The van der Waals surface area contributed by atoms with E-state index in [9.17, 15) is 0 Å². The van der Waals surface area contributed by atoms with Gasteiger partial charge in [0.25, 0.3) is 0 Å². The second-order valence-corrected chi connectivity index (χ2v) is 4.35. The SMILES string of the molecule is Cc1cc(C(C)CCN)c2ccccc2n1. The number of benzene rings is 1. The van der Waals surface area contributed by atoms with Crippen molar-refractivity contribution in [2.45, 2.75) is 26.2 Å². The zero-order valence-electron chi connectivity index (χ0n) is 9.90. The van der Waals surface area contributed by atoms with Gasteiger partial charge in [0, 0.05) is 11.1 Å². The van der Waals surface area contributed by atoms with E-state index in [-0.39, 0.29) is 0 Å².